The van der Waals surface area contributed by atoms with Gasteiger partial charge in [-0.2, -0.15) is 0 Å². The Bertz CT molecular complexity index is 2230. The van der Waals surface area contributed by atoms with Crippen LogP contribution in [-0.4, -0.2) is 13.2 Å². The molecule has 4 aromatic carbocycles. The van der Waals surface area contributed by atoms with E-state index in [1.165, 1.54) is 228 Å². The second-order valence-electron chi connectivity index (χ2n) is 28.2. The van der Waals surface area contributed by atoms with Crippen LogP contribution in [0.3, 0.4) is 0 Å². The molecule has 0 atom stereocenters. The third-order valence-electron chi connectivity index (χ3n) is 22.1. The fourth-order valence-corrected chi connectivity index (χ4v) is 16.4. The minimum atomic E-state index is 0. The van der Waals surface area contributed by atoms with E-state index in [1.54, 1.807) is 11.1 Å². The van der Waals surface area contributed by atoms with E-state index in [0.717, 1.165) is 109 Å². The van der Waals surface area contributed by atoms with Crippen LogP contribution >= 0.6 is 0 Å². The van der Waals surface area contributed by atoms with Crippen LogP contribution < -0.4 is 9.47 Å². The average molecular weight is 1210 g/mol. The summed E-state index contributed by atoms with van der Waals surface area (Å²) < 4.78 is 11.5. The molecule has 0 radical (unpaired) electrons. The van der Waals surface area contributed by atoms with Gasteiger partial charge >= 0.3 is 0 Å². The minimum absolute atomic E-state index is 0. The molecule has 2 nitrogen and oxygen atoms in total. The lowest BCUT2D eigenvalue weighted by molar-refractivity contribution is 0.157. The molecule has 0 unspecified atom stereocenters. The fourth-order valence-electron chi connectivity index (χ4n) is 16.4. The lowest BCUT2D eigenvalue weighted by Crippen LogP contribution is -2.25. The maximum atomic E-state index is 5.74. The molecule has 0 saturated heterocycles. The Morgan fingerprint density at radius 1 is 0.352 bits per heavy atom. The predicted molar refractivity (Wildman–Crippen MR) is 394 cm³/mol. The molecule has 88 heavy (non-hydrogen) atoms. The summed E-state index contributed by atoms with van der Waals surface area (Å²) in [5.74, 6) is 13.2. The molecule has 0 aliphatic heterocycles. The van der Waals surface area contributed by atoms with Crippen molar-refractivity contribution in [1.82, 2.24) is 0 Å². The zero-order valence-corrected chi connectivity index (χ0v) is 55.0. The molecule has 2 heteroatoms. The Balaban J connectivity index is 0.000000398. The molecule has 0 heterocycles. The zero-order valence-electron chi connectivity index (χ0n) is 55.0. The molecular weight excluding hydrogens is 1060 g/mol. The van der Waals surface area contributed by atoms with Crippen molar-refractivity contribution < 1.29 is 10.9 Å². The Kier molecular flexibility index (Phi) is 39.5. The summed E-state index contributed by atoms with van der Waals surface area (Å²) in [5, 5.41) is 0. The van der Waals surface area contributed by atoms with Crippen molar-refractivity contribution in [3.8, 4) is 11.5 Å². The van der Waals surface area contributed by atoms with Crippen LogP contribution in [0.5, 0.6) is 11.5 Å². The van der Waals surface area contributed by atoms with Crippen molar-refractivity contribution in [2.75, 3.05) is 13.2 Å². The highest BCUT2D eigenvalue weighted by molar-refractivity contribution is 5.31. The molecule has 0 N–H and O–H groups in total. The van der Waals surface area contributed by atoms with Crippen LogP contribution in [0.4, 0.5) is 0 Å². The van der Waals surface area contributed by atoms with Gasteiger partial charge in [-0.25, -0.2) is 0 Å². The van der Waals surface area contributed by atoms with Gasteiger partial charge in [0.15, 0.2) is 0 Å². The Hall–Kier alpha value is -4.04. The van der Waals surface area contributed by atoms with Gasteiger partial charge in [0.25, 0.3) is 0 Å². The second-order valence-corrected chi connectivity index (χ2v) is 28.2. The monoisotopic (exact) mass is 1210 g/mol. The third kappa shape index (κ3) is 26.7. The van der Waals surface area contributed by atoms with E-state index < -0.39 is 0 Å². The van der Waals surface area contributed by atoms with E-state index in [0.29, 0.717) is 0 Å². The van der Waals surface area contributed by atoms with Crippen molar-refractivity contribution in [3.63, 3.8) is 0 Å². The van der Waals surface area contributed by atoms with Crippen LogP contribution in [0.25, 0.3) is 0 Å². The fraction of sp³-hybridized carbons (Fsp3) is 0.674. The van der Waals surface area contributed by atoms with E-state index in [4.69, 9.17) is 9.47 Å². The number of allylic oxidation sites excluding steroid dienone is 2. The maximum absolute atomic E-state index is 5.74. The van der Waals surface area contributed by atoms with Crippen molar-refractivity contribution >= 4 is 0 Å². The Morgan fingerprint density at radius 3 is 0.920 bits per heavy atom. The minimum Gasteiger partial charge on any atom is -0.494 e. The van der Waals surface area contributed by atoms with Gasteiger partial charge in [-0.1, -0.05) is 205 Å². The summed E-state index contributed by atoms with van der Waals surface area (Å²) in [6.45, 7) is 22.9. The van der Waals surface area contributed by atoms with Crippen LogP contribution in [-0.2, 0) is 0 Å². The van der Waals surface area contributed by atoms with Crippen LogP contribution in [0.2, 0.25) is 0 Å². The van der Waals surface area contributed by atoms with Gasteiger partial charge in [-0.05, 0) is 298 Å². The van der Waals surface area contributed by atoms with E-state index in [2.05, 4.69) is 164 Å². The van der Waals surface area contributed by atoms with Gasteiger partial charge in [-0.15, -0.1) is 13.2 Å². The van der Waals surface area contributed by atoms with Crippen LogP contribution in [0, 0.1) is 61.2 Å². The highest BCUT2D eigenvalue weighted by Gasteiger charge is 2.33. The Labute approximate surface area is 549 Å². The molecule has 10 rings (SSSR count). The summed E-state index contributed by atoms with van der Waals surface area (Å²) in [5.41, 5.74) is 8.96. The number of hydrogen-bond acceptors (Lipinski definition) is 2. The largest absolute Gasteiger partial charge is 0.494 e. The summed E-state index contributed by atoms with van der Waals surface area (Å²) in [4.78, 5) is 0. The second kappa shape index (κ2) is 44.5. The smallest absolute Gasteiger partial charge is 0.119 e. The molecule has 6 aliphatic rings. The van der Waals surface area contributed by atoms with Gasteiger partial charge < -0.3 is 9.47 Å². The van der Waals surface area contributed by atoms with E-state index >= 15 is 0 Å². The maximum Gasteiger partial charge on any atom is 0.119 e. The number of aryl methyl sites for hydroxylation is 2. The highest BCUT2D eigenvalue weighted by atomic mass is 16.5. The normalized spacial score (nSPS) is 26.6. The third-order valence-corrected chi connectivity index (χ3v) is 22.1. The van der Waals surface area contributed by atoms with Crippen LogP contribution in [0.1, 0.15) is 334 Å². The molecule has 4 aromatic rings. The molecule has 0 spiro atoms. The first-order valence-corrected chi connectivity index (χ1v) is 36.0. The van der Waals surface area contributed by atoms with Crippen molar-refractivity contribution in [3.05, 3.63) is 156 Å². The Morgan fingerprint density at radius 2 is 0.625 bits per heavy atom. The summed E-state index contributed by atoms with van der Waals surface area (Å²) >= 11 is 0. The van der Waals surface area contributed by atoms with E-state index in [9.17, 15) is 0 Å². The van der Waals surface area contributed by atoms with Gasteiger partial charge in [-0.3, -0.25) is 0 Å². The summed E-state index contributed by atoms with van der Waals surface area (Å²) in [7, 11) is 0. The van der Waals surface area contributed by atoms with Gasteiger partial charge in [0.05, 0.1) is 13.2 Å². The van der Waals surface area contributed by atoms with Crippen molar-refractivity contribution in [2.45, 2.75) is 313 Å². The van der Waals surface area contributed by atoms with Crippen LogP contribution in [0.15, 0.2) is 122 Å². The highest BCUT2D eigenvalue weighted by Crippen LogP contribution is 2.47. The van der Waals surface area contributed by atoms with E-state index in [-0.39, 0.29) is 31.1 Å². The molecule has 0 amide bonds. The van der Waals surface area contributed by atoms with Gasteiger partial charge in [0, 0.05) is 1.43 Å². The SMILES string of the molecule is C.C.C.C.C=CC1CCC(C2CCC(c3ccc(C)cc3)CC2)CC1.C=CCCC1CCC(C2CCC(c3ccc(C)cc3)CC2)CC1.CCCCOc1ccc(C2CCC(CCC)CC2)cc1.CCCCOc1ccc(C2CCC(CCC)CC2)cc1.[HH]. The topological polar surface area (TPSA) is 18.5 Å². The predicted octanol–water partition coefficient (Wildman–Crippen LogP) is 28.0. The molecule has 0 bridgehead atoms. The first-order chi connectivity index (χ1) is 41.2. The lowest BCUT2D eigenvalue weighted by Gasteiger charge is -2.38. The average Bonchev–Trinajstić information content (AvgIpc) is 3.74. The first-order valence-electron chi connectivity index (χ1n) is 36.0. The van der Waals surface area contributed by atoms with Crippen molar-refractivity contribution in [1.29, 1.82) is 0 Å². The van der Waals surface area contributed by atoms with E-state index in [1.807, 2.05) is 0 Å². The van der Waals surface area contributed by atoms with Gasteiger partial charge in [0.1, 0.15) is 11.5 Å². The number of rotatable bonds is 22. The molecule has 6 saturated carbocycles. The number of hydrogen-bond donors (Lipinski definition) is 0. The van der Waals surface area contributed by atoms with Gasteiger partial charge in [0.2, 0.25) is 0 Å². The molecule has 498 valence electrons. The number of benzene rings is 4. The molecule has 6 aliphatic carbocycles. The number of unbranched alkanes of at least 4 members (excludes halogenated alkanes) is 2. The van der Waals surface area contributed by atoms with Crippen molar-refractivity contribution in [2.24, 2.45) is 47.3 Å². The lowest BCUT2D eigenvalue weighted by atomic mass is 9.68. The number of ether oxygens (including phenoxy) is 2. The summed E-state index contributed by atoms with van der Waals surface area (Å²) in [6.07, 6.45) is 51.5. The first kappa shape index (κ1) is 78.2. The summed E-state index contributed by atoms with van der Waals surface area (Å²) in [6, 6.07) is 36.3. The zero-order chi connectivity index (χ0) is 59.1. The molecular formula is C86H142O2. The molecule has 6 fully saturated rings. The quantitative estimate of drug-likeness (QED) is 0.0577. The molecule has 0 aromatic heterocycles. The standard InChI is InChI=1S/C23H34.C21H30.2C19H30O.4CH4.H2/c1-3-4-5-19-8-12-21(13-9-19)23-16-14-22(15-17-23)20-10-6-18(2)7-11-20;1-3-17-6-10-19(11-7-17)21-14-12-20(13-15-21)18-8-4-16(2)5-9-18;2*1-3-5-15-20-19-13-11-18(12-14-19)17-9-7-16(6-4-2)8-10-17;;;;;/h3,6-7,10-11,19,21-23H,1,4-5,8-9,12-17H2,2H3;3-5,8-9,17,19-21H,1,6-7,10-15H2,2H3;2*11-14,16-17H,3-10,15H2,1-2H3;4*1H4;1H.